The monoisotopic (exact) mass is 522 g/mol. The Morgan fingerprint density at radius 2 is 1.74 bits per heavy atom. The highest BCUT2D eigenvalue weighted by Crippen LogP contribution is 2.30. The lowest BCUT2D eigenvalue weighted by molar-refractivity contribution is 0.168. The van der Waals surface area contributed by atoms with Crippen LogP contribution in [0.25, 0.3) is 0 Å². The molecule has 0 saturated carbocycles. The third kappa shape index (κ3) is 6.02. The molecule has 11 heteroatoms. The number of rotatable bonds is 8. The summed E-state index contributed by atoms with van der Waals surface area (Å²) in [5.74, 6) is 0.391. The van der Waals surface area contributed by atoms with Gasteiger partial charge in [0.05, 0.1) is 13.7 Å². The van der Waals surface area contributed by atoms with E-state index in [9.17, 15) is 17.6 Å². The third-order valence-electron chi connectivity index (χ3n) is 5.61. The van der Waals surface area contributed by atoms with Crippen molar-refractivity contribution in [1.82, 2.24) is 9.21 Å². The normalized spacial score (nSPS) is 15.2. The largest absolute Gasteiger partial charge is 0.495 e. The molecular formula is C24H24ClFN2O6S. The fourth-order valence-corrected chi connectivity index (χ4v) is 5.55. The minimum Gasteiger partial charge on any atom is -0.495 e. The van der Waals surface area contributed by atoms with E-state index in [0.29, 0.717) is 30.4 Å². The Morgan fingerprint density at radius 3 is 2.40 bits per heavy atom. The van der Waals surface area contributed by atoms with E-state index >= 15 is 0 Å². The second kappa shape index (κ2) is 10.8. The second-order valence-corrected chi connectivity index (χ2v) is 10.3. The molecule has 0 N–H and O–H groups in total. The Kier molecular flexibility index (Phi) is 7.75. The number of halogens is 2. The first-order valence-corrected chi connectivity index (χ1v) is 12.6. The van der Waals surface area contributed by atoms with Gasteiger partial charge in [-0.1, -0.05) is 23.7 Å². The number of ether oxygens (including phenoxy) is 2. The van der Waals surface area contributed by atoms with Gasteiger partial charge in [-0.05, 0) is 35.9 Å². The maximum Gasteiger partial charge on any atom is 0.246 e. The fraction of sp³-hybridized carbons (Fsp3) is 0.292. The zero-order valence-corrected chi connectivity index (χ0v) is 20.5. The van der Waals surface area contributed by atoms with Crippen LogP contribution >= 0.6 is 11.6 Å². The Bertz CT molecular complexity index is 1340. The minimum absolute atomic E-state index is 0.0307. The number of hydrogen-bond donors (Lipinski definition) is 0. The number of methoxy groups -OCH3 is 1. The van der Waals surface area contributed by atoms with Crippen molar-refractivity contribution in [1.29, 1.82) is 0 Å². The van der Waals surface area contributed by atoms with Crippen molar-refractivity contribution in [2.75, 3.05) is 33.3 Å². The van der Waals surface area contributed by atoms with E-state index < -0.39 is 10.0 Å². The average molecular weight is 523 g/mol. The first-order chi connectivity index (χ1) is 16.8. The predicted octanol–water partition coefficient (Wildman–Crippen LogP) is 3.53. The van der Waals surface area contributed by atoms with Crippen molar-refractivity contribution in [3.05, 3.63) is 87.2 Å². The van der Waals surface area contributed by atoms with E-state index in [0.717, 1.165) is 5.56 Å². The van der Waals surface area contributed by atoms with Crippen molar-refractivity contribution in [3.8, 4) is 11.5 Å². The summed E-state index contributed by atoms with van der Waals surface area (Å²) in [5.41, 5.74) is 0.390. The van der Waals surface area contributed by atoms with E-state index in [1.165, 1.54) is 48.0 Å². The van der Waals surface area contributed by atoms with E-state index in [4.69, 9.17) is 25.5 Å². The summed E-state index contributed by atoms with van der Waals surface area (Å²) < 4.78 is 56.9. The summed E-state index contributed by atoms with van der Waals surface area (Å²) in [5, 5.41) is 0.308. The maximum absolute atomic E-state index is 13.1. The van der Waals surface area contributed by atoms with Gasteiger partial charge >= 0.3 is 0 Å². The fourth-order valence-electron chi connectivity index (χ4n) is 3.71. The first-order valence-electron chi connectivity index (χ1n) is 10.8. The van der Waals surface area contributed by atoms with E-state index in [-0.39, 0.29) is 47.3 Å². The molecule has 0 spiro atoms. The third-order valence-corrected chi connectivity index (χ3v) is 7.77. The molecule has 0 aliphatic carbocycles. The van der Waals surface area contributed by atoms with Gasteiger partial charge in [0.2, 0.25) is 21.2 Å². The smallest absolute Gasteiger partial charge is 0.246 e. The van der Waals surface area contributed by atoms with Crippen molar-refractivity contribution < 1.29 is 26.7 Å². The lowest BCUT2D eigenvalue weighted by Crippen LogP contribution is -2.48. The average Bonchev–Trinajstić information content (AvgIpc) is 2.85. The summed E-state index contributed by atoms with van der Waals surface area (Å²) in [6, 6.07) is 11.6. The summed E-state index contributed by atoms with van der Waals surface area (Å²) >= 11 is 6.01. The van der Waals surface area contributed by atoms with Crippen LogP contribution < -0.4 is 14.9 Å². The molecule has 0 amide bonds. The van der Waals surface area contributed by atoms with Gasteiger partial charge < -0.3 is 13.9 Å². The van der Waals surface area contributed by atoms with E-state index in [2.05, 4.69) is 0 Å². The Labute approximate surface area is 207 Å². The minimum atomic E-state index is -3.78. The number of hydrogen-bond acceptors (Lipinski definition) is 7. The molecule has 1 saturated heterocycles. The van der Waals surface area contributed by atoms with Gasteiger partial charge in [-0.15, -0.1) is 0 Å². The van der Waals surface area contributed by atoms with Crippen LogP contribution in [0.3, 0.4) is 0 Å². The molecule has 0 radical (unpaired) electrons. The molecule has 1 aromatic heterocycles. The molecule has 1 fully saturated rings. The van der Waals surface area contributed by atoms with Crippen LogP contribution in [0.5, 0.6) is 11.5 Å². The van der Waals surface area contributed by atoms with E-state index in [1.54, 1.807) is 18.2 Å². The Balaban J connectivity index is 1.35. The number of benzene rings is 2. The first kappa shape index (κ1) is 25.2. The summed E-state index contributed by atoms with van der Waals surface area (Å²) in [7, 11) is -2.37. The molecule has 1 aliphatic heterocycles. The Hall–Kier alpha value is -2.92. The molecule has 2 heterocycles. The number of nitrogens with zero attached hydrogens (tertiary/aromatic N) is 2. The van der Waals surface area contributed by atoms with Gasteiger partial charge in [-0.25, -0.2) is 12.8 Å². The van der Waals surface area contributed by atoms with Crippen LogP contribution in [0.1, 0.15) is 11.3 Å². The molecule has 2 aromatic carbocycles. The zero-order chi connectivity index (χ0) is 25.0. The number of sulfonamides is 1. The lowest BCUT2D eigenvalue weighted by atomic mass is 10.2. The molecule has 0 atom stereocenters. The molecule has 186 valence electrons. The molecule has 8 nitrogen and oxygen atoms in total. The SMILES string of the molecule is COc1ccc(Cl)cc1S(=O)(=O)N1CCN(Cc2cc(=O)c(OCc3ccc(F)cc3)co2)CC1. The molecule has 0 unspecified atom stereocenters. The van der Waals surface area contributed by atoms with Crippen molar-refractivity contribution >= 4 is 21.6 Å². The molecule has 35 heavy (non-hydrogen) atoms. The van der Waals surface area contributed by atoms with Gasteiger partial charge in [-0.3, -0.25) is 9.69 Å². The molecule has 0 bridgehead atoms. The summed E-state index contributed by atoms with van der Waals surface area (Å²) in [6.45, 7) is 1.89. The highest BCUT2D eigenvalue weighted by Gasteiger charge is 2.31. The molecule has 3 aromatic rings. The van der Waals surface area contributed by atoms with Crippen LogP contribution in [0.2, 0.25) is 5.02 Å². The van der Waals surface area contributed by atoms with Crippen LogP contribution in [-0.4, -0.2) is 50.9 Å². The van der Waals surface area contributed by atoms with Crippen LogP contribution in [0.4, 0.5) is 4.39 Å². The summed E-state index contributed by atoms with van der Waals surface area (Å²) in [4.78, 5) is 14.4. The van der Waals surface area contributed by atoms with Gasteiger partial charge in [0.25, 0.3) is 0 Å². The van der Waals surface area contributed by atoms with Crippen molar-refractivity contribution in [3.63, 3.8) is 0 Å². The van der Waals surface area contributed by atoms with Gasteiger partial charge in [0.1, 0.15) is 35.1 Å². The van der Waals surface area contributed by atoms with Gasteiger partial charge in [-0.2, -0.15) is 4.31 Å². The van der Waals surface area contributed by atoms with Crippen LogP contribution in [0, 0.1) is 5.82 Å². The zero-order valence-electron chi connectivity index (χ0n) is 18.9. The second-order valence-electron chi connectivity index (χ2n) is 7.97. The lowest BCUT2D eigenvalue weighted by Gasteiger charge is -2.33. The highest BCUT2D eigenvalue weighted by atomic mass is 35.5. The standard InChI is InChI=1S/C24H24ClFN2O6S/c1-32-22-7-4-18(25)12-24(22)35(30,31)28-10-8-27(9-11-28)14-20-13-21(29)23(16-33-20)34-15-17-2-5-19(26)6-3-17/h2-7,12-13,16H,8-11,14-15H2,1H3. The van der Waals surface area contributed by atoms with Gasteiger partial charge in [0.15, 0.2) is 0 Å². The van der Waals surface area contributed by atoms with Crippen LogP contribution in [0.15, 0.2) is 68.9 Å². The highest BCUT2D eigenvalue weighted by molar-refractivity contribution is 7.89. The van der Waals surface area contributed by atoms with Gasteiger partial charge in [0, 0.05) is 37.3 Å². The summed E-state index contributed by atoms with van der Waals surface area (Å²) in [6.07, 6.45) is 1.26. The topological polar surface area (TPSA) is 89.3 Å². The maximum atomic E-state index is 13.1. The molecule has 4 rings (SSSR count). The van der Waals surface area contributed by atoms with Crippen LogP contribution in [-0.2, 0) is 23.2 Å². The predicted molar refractivity (Wildman–Crippen MR) is 128 cm³/mol. The quantitative estimate of drug-likeness (QED) is 0.447. The number of piperazine rings is 1. The molecule has 1 aliphatic rings. The Morgan fingerprint density at radius 1 is 1.03 bits per heavy atom. The molecular weight excluding hydrogens is 499 g/mol. The van der Waals surface area contributed by atoms with Crippen molar-refractivity contribution in [2.45, 2.75) is 18.0 Å². The van der Waals surface area contributed by atoms with Crippen molar-refractivity contribution in [2.24, 2.45) is 0 Å². The van der Waals surface area contributed by atoms with E-state index in [1.807, 2.05) is 4.90 Å².